The lowest BCUT2D eigenvalue weighted by Gasteiger charge is -2.13. The van der Waals surface area contributed by atoms with Crippen LogP contribution in [0.15, 0.2) is 76.6 Å². The van der Waals surface area contributed by atoms with Crippen LogP contribution in [0.25, 0.3) is 10.8 Å². The Morgan fingerprint density at radius 2 is 1.67 bits per heavy atom. The maximum absolute atomic E-state index is 13.5. The van der Waals surface area contributed by atoms with Gasteiger partial charge in [-0.25, -0.2) is 4.99 Å². The van der Waals surface area contributed by atoms with Gasteiger partial charge in [-0.3, -0.25) is 4.21 Å². The summed E-state index contributed by atoms with van der Waals surface area (Å²) >= 11 is 0. The van der Waals surface area contributed by atoms with E-state index in [1.54, 1.807) is 36.4 Å². The zero-order valence-corrected chi connectivity index (χ0v) is 15.2. The number of para-hydroxylation sites is 2. The van der Waals surface area contributed by atoms with Gasteiger partial charge in [-0.2, -0.15) is 13.2 Å². The van der Waals surface area contributed by atoms with Crippen molar-refractivity contribution >= 4 is 33.0 Å². The summed E-state index contributed by atoms with van der Waals surface area (Å²) in [4.78, 5) is 4.07. The fraction of sp³-hybridized carbons (Fsp3) is 0.150. The number of ether oxygens (including phenoxy) is 1. The van der Waals surface area contributed by atoms with Gasteiger partial charge in [-0.1, -0.05) is 48.5 Å². The van der Waals surface area contributed by atoms with E-state index in [-0.39, 0.29) is 11.4 Å². The van der Waals surface area contributed by atoms with Gasteiger partial charge in [0.2, 0.25) is 0 Å². The molecule has 3 aromatic rings. The van der Waals surface area contributed by atoms with Crippen LogP contribution in [0.3, 0.4) is 0 Å². The summed E-state index contributed by atoms with van der Waals surface area (Å²) < 4.78 is 58.4. The molecule has 3 rings (SSSR count). The zero-order chi connectivity index (χ0) is 19.4. The monoisotopic (exact) mass is 391 g/mol. The van der Waals surface area contributed by atoms with E-state index in [0.717, 1.165) is 5.39 Å². The Bertz CT molecular complexity index is 1010. The molecule has 7 heteroatoms. The van der Waals surface area contributed by atoms with Gasteiger partial charge < -0.3 is 4.74 Å². The second-order valence-electron chi connectivity index (χ2n) is 5.70. The van der Waals surface area contributed by atoms with Crippen molar-refractivity contribution in [2.45, 2.75) is 11.1 Å². The molecule has 0 aliphatic heterocycles. The molecule has 1 unspecified atom stereocenters. The Hall–Kier alpha value is -2.67. The second-order valence-corrected chi connectivity index (χ2v) is 7.11. The fourth-order valence-corrected chi connectivity index (χ4v) is 3.93. The van der Waals surface area contributed by atoms with Gasteiger partial charge in [0.1, 0.15) is 17.1 Å². The first-order valence-corrected chi connectivity index (χ1v) is 9.36. The van der Waals surface area contributed by atoms with E-state index in [9.17, 15) is 17.4 Å². The van der Waals surface area contributed by atoms with E-state index in [2.05, 4.69) is 4.99 Å². The first-order valence-electron chi connectivity index (χ1n) is 8.04. The van der Waals surface area contributed by atoms with Crippen molar-refractivity contribution in [2.24, 2.45) is 4.99 Å². The SMILES string of the molecule is COc1ccccc1N=C(CS(=O)c1cccc2ccccc12)C(F)(F)F. The number of methoxy groups -OCH3 is 1. The third-order valence-electron chi connectivity index (χ3n) is 3.93. The van der Waals surface area contributed by atoms with Gasteiger partial charge in [0.15, 0.2) is 0 Å². The highest BCUT2D eigenvalue weighted by Crippen LogP contribution is 2.30. The van der Waals surface area contributed by atoms with E-state index >= 15 is 0 Å². The quantitative estimate of drug-likeness (QED) is 0.554. The molecule has 1 atom stereocenters. The minimum atomic E-state index is -4.71. The summed E-state index contributed by atoms with van der Waals surface area (Å²) in [6.07, 6.45) is -4.71. The Kier molecular flexibility index (Phi) is 5.60. The molecule has 0 aliphatic rings. The summed E-state index contributed by atoms with van der Waals surface area (Å²) in [5.41, 5.74) is -1.07. The lowest BCUT2D eigenvalue weighted by molar-refractivity contribution is -0.0589. The number of alkyl halides is 3. The number of nitrogens with zero attached hydrogens (tertiary/aromatic N) is 1. The molecule has 27 heavy (non-hydrogen) atoms. The van der Waals surface area contributed by atoms with E-state index in [4.69, 9.17) is 4.74 Å². The summed E-state index contributed by atoms with van der Waals surface area (Å²) in [7, 11) is -0.551. The van der Waals surface area contributed by atoms with Crippen molar-refractivity contribution in [3.63, 3.8) is 0 Å². The predicted octanol–water partition coefficient (Wildman–Crippen LogP) is 5.29. The van der Waals surface area contributed by atoms with Gasteiger partial charge in [-0.05, 0) is 29.0 Å². The van der Waals surface area contributed by atoms with Crippen molar-refractivity contribution in [3.05, 3.63) is 66.7 Å². The van der Waals surface area contributed by atoms with Crippen LogP contribution >= 0.6 is 0 Å². The number of rotatable bonds is 5. The van der Waals surface area contributed by atoms with Crippen molar-refractivity contribution < 1.29 is 22.1 Å². The number of aliphatic imine (C=N–C) groups is 1. The fourth-order valence-electron chi connectivity index (χ4n) is 2.64. The van der Waals surface area contributed by atoms with Gasteiger partial charge in [0, 0.05) is 4.90 Å². The van der Waals surface area contributed by atoms with Crippen LogP contribution in [0, 0.1) is 0 Å². The molecule has 0 saturated carbocycles. The molecule has 0 bridgehead atoms. The smallest absolute Gasteiger partial charge is 0.430 e. The van der Waals surface area contributed by atoms with Crippen LogP contribution in [0.2, 0.25) is 0 Å². The van der Waals surface area contributed by atoms with Crippen LogP contribution in [0.4, 0.5) is 18.9 Å². The van der Waals surface area contributed by atoms with Gasteiger partial charge in [0.25, 0.3) is 0 Å². The molecule has 3 nitrogen and oxygen atoms in total. The minimum absolute atomic E-state index is 0.0437. The molecule has 0 saturated heterocycles. The first-order chi connectivity index (χ1) is 12.9. The summed E-state index contributed by atoms with van der Waals surface area (Å²) in [6, 6.07) is 18.4. The Labute approximate surface area is 157 Å². The third-order valence-corrected chi connectivity index (χ3v) is 5.31. The summed E-state index contributed by atoms with van der Waals surface area (Å²) in [5.74, 6) is -0.523. The average Bonchev–Trinajstić information content (AvgIpc) is 2.66. The van der Waals surface area contributed by atoms with Crippen LogP contribution in [0.1, 0.15) is 0 Å². The van der Waals surface area contributed by atoms with Crippen molar-refractivity contribution in [1.29, 1.82) is 0 Å². The summed E-state index contributed by atoms with van der Waals surface area (Å²) in [6.45, 7) is 0. The van der Waals surface area contributed by atoms with Crippen molar-refractivity contribution in [1.82, 2.24) is 0 Å². The predicted molar refractivity (Wildman–Crippen MR) is 101 cm³/mol. The maximum Gasteiger partial charge on any atom is 0.430 e. The molecule has 0 heterocycles. The molecule has 3 aromatic carbocycles. The highest BCUT2D eigenvalue weighted by Gasteiger charge is 2.37. The van der Waals surface area contributed by atoms with Crippen LogP contribution in [-0.2, 0) is 10.8 Å². The largest absolute Gasteiger partial charge is 0.494 e. The molecule has 0 amide bonds. The molecule has 0 N–H and O–H groups in total. The normalized spacial score (nSPS) is 13.6. The van der Waals surface area contributed by atoms with Crippen molar-refractivity contribution in [2.75, 3.05) is 12.9 Å². The van der Waals surface area contributed by atoms with E-state index < -0.39 is 28.4 Å². The van der Waals surface area contributed by atoms with E-state index in [1.165, 1.54) is 19.2 Å². The Morgan fingerprint density at radius 3 is 2.41 bits per heavy atom. The molecule has 0 aliphatic carbocycles. The number of hydrogen-bond acceptors (Lipinski definition) is 3. The Balaban J connectivity index is 2.00. The van der Waals surface area contributed by atoms with Gasteiger partial charge >= 0.3 is 6.18 Å². The third kappa shape index (κ3) is 4.36. The minimum Gasteiger partial charge on any atom is -0.494 e. The van der Waals surface area contributed by atoms with E-state index in [0.29, 0.717) is 10.3 Å². The van der Waals surface area contributed by atoms with Crippen LogP contribution < -0.4 is 4.74 Å². The maximum atomic E-state index is 13.5. The molecule has 140 valence electrons. The zero-order valence-electron chi connectivity index (χ0n) is 14.4. The van der Waals surface area contributed by atoms with Crippen LogP contribution in [0.5, 0.6) is 5.75 Å². The lowest BCUT2D eigenvalue weighted by atomic mass is 10.1. The molecular formula is C20H16F3NO2S. The second kappa shape index (κ2) is 7.92. The number of halogens is 3. The van der Waals surface area contributed by atoms with Gasteiger partial charge in [-0.15, -0.1) is 0 Å². The van der Waals surface area contributed by atoms with Crippen molar-refractivity contribution in [3.8, 4) is 5.75 Å². The highest BCUT2D eigenvalue weighted by atomic mass is 32.2. The van der Waals surface area contributed by atoms with Crippen LogP contribution in [-0.4, -0.2) is 29.0 Å². The molecule has 0 radical (unpaired) electrons. The molecule has 0 spiro atoms. The van der Waals surface area contributed by atoms with Gasteiger partial charge in [0.05, 0.1) is 23.7 Å². The summed E-state index contributed by atoms with van der Waals surface area (Å²) in [5, 5.41) is 1.48. The average molecular weight is 391 g/mol. The van der Waals surface area contributed by atoms with E-state index in [1.807, 2.05) is 18.2 Å². The number of benzene rings is 3. The molecular weight excluding hydrogens is 375 g/mol. The number of hydrogen-bond donors (Lipinski definition) is 0. The standard InChI is InChI=1S/C20H16F3NO2S/c1-26-17-11-5-4-10-16(17)24-19(20(21,22)23)13-27(25)18-12-6-8-14-7-2-3-9-15(14)18/h2-12H,13H2,1H3. The lowest BCUT2D eigenvalue weighted by Crippen LogP contribution is -2.28. The Morgan fingerprint density at radius 1 is 1.00 bits per heavy atom. The first kappa shape index (κ1) is 19.1. The number of fused-ring (bicyclic) bond motifs is 1. The molecule has 0 aromatic heterocycles. The molecule has 0 fully saturated rings. The topological polar surface area (TPSA) is 38.7 Å². The highest BCUT2D eigenvalue weighted by molar-refractivity contribution is 7.86.